The first-order valence-electron chi connectivity index (χ1n) is 4.81. The van der Waals surface area contributed by atoms with E-state index in [1.54, 1.807) is 18.2 Å². The number of benzene rings is 1. The molecule has 0 aliphatic carbocycles. The standard InChI is InChI=1S/C11H9N3O3/c15-10-3-1-2-8(6-10)13-11-5-4-9(7-12-11)14(16)17/h1-7,15H,(H,12,13). The summed E-state index contributed by atoms with van der Waals surface area (Å²) < 4.78 is 0. The minimum absolute atomic E-state index is 0.0635. The summed E-state index contributed by atoms with van der Waals surface area (Å²) in [6, 6.07) is 9.38. The van der Waals surface area contributed by atoms with Crippen molar-refractivity contribution in [2.24, 2.45) is 0 Å². The maximum Gasteiger partial charge on any atom is 0.287 e. The van der Waals surface area contributed by atoms with Crippen LogP contribution in [-0.2, 0) is 0 Å². The molecule has 0 saturated carbocycles. The zero-order valence-corrected chi connectivity index (χ0v) is 8.70. The van der Waals surface area contributed by atoms with Crippen molar-refractivity contribution in [3.8, 4) is 5.75 Å². The first-order valence-corrected chi connectivity index (χ1v) is 4.81. The maximum atomic E-state index is 10.4. The van der Waals surface area contributed by atoms with E-state index in [4.69, 9.17) is 0 Å². The number of anilines is 2. The molecule has 0 amide bonds. The average Bonchev–Trinajstić information content (AvgIpc) is 2.29. The molecule has 17 heavy (non-hydrogen) atoms. The Morgan fingerprint density at radius 3 is 2.71 bits per heavy atom. The number of pyridine rings is 1. The number of hydrogen-bond acceptors (Lipinski definition) is 5. The van der Waals surface area contributed by atoms with Gasteiger partial charge in [0.25, 0.3) is 5.69 Å². The summed E-state index contributed by atoms with van der Waals surface area (Å²) in [6.45, 7) is 0. The van der Waals surface area contributed by atoms with Crippen LogP contribution in [0.15, 0.2) is 42.6 Å². The molecule has 6 nitrogen and oxygen atoms in total. The van der Waals surface area contributed by atoms with Crippen molar-refractivity contribution in [3.63, 3.8) is 0 Å². The largest absolute Gasteiger partial charge is 0.508 e. The van der Waals surface area contributed by atoms with E-state index in [1.807, 2.05) is 0 Å². The first kappa shape index (κ1) is 10.9. The molecule has 2 rings (SSSR count). The lowest BCUT2D eigenvalue weighted by atomic mass is 10.3. The van der Waals surface area contributed by atoms with Crippen LogP contribution >= 0.6 is 0 Å². The van der Waals surface area contributed by atoms with Crippen LogP contribution in [0.2, 0.25) is 0 Å². The Kier molecular flexibility index (Phi) is 2.87. The number of nitrogens with one attached hydrogen (secondary N) is 1. The second-order valence-electron chi connectivity index (χ2n) is 3.33. The van der Waals surface area contributed by atoms with Gasteiger partial charge in [-0.1, -0.05) is 6.07 Å². The third-order valence-electron chi connectivity index (χ3n) is 2.08. The Morgan fingerprint density at radius 2 is 2.12 bits per heavy atom. The van der Waals surface area contributed by atoms with Crippen molar-refractivity contribution < 1.29 is 10.0 Å². The van der Waals surface area contributed by atoms with Crippen molar-refractivity contribution in [1.82, 2.24) is 4.98 Å². The molecule has 0 bridgehead atoms. The minimum atomic E-state index is -0.509. The van der Waals surface area contributed by atoms with Crippen LogP contribution in [-0.4, -0.2) is 15.0 Å². The van der Waals surface area contributed by atoms with Crippen molar-refractivity contribution >= 4 is 17.2 Å². The normalized spacial score (nSPS) is 9.88. The van der Waals surface area contributed by atoms with Gasteiger partial charge >= 0.3 is 0 Å². The Labute approximate surface area is 96.7 Å². The molecule has 0 aliphatic heterocycles. The molecule has 2 N–H and O–H groups in total. The van der Waals surface area contributed by atoms with Crippen molar-refractivity contribution in [2.45, 2.75) is 0 Å². The van der Waals surface area contributed by atoms with Crippen LogP contribution in [0.1, 0.15) is 0 Å². The molecule has 0 aliphatic rings. The van der Waals surface area contributed by atoms with Crippen molar-refractivity contribution in [3.05, 3.63) is 52.7 Å². The number of nitro groups is 1. The van der Waals surface area contributed by atoms with Crippen molar-refractivity contribution in [2.75, 3.05) is 5.32 Å². The van der Waals surface area contributed by atoms with Crippen LogP contribution in [0.3, 0.4) is 0 Å². The van der Waals surface area contributed by atoms with E-state index >= 15 is 0 Å². The van der Waals surface area contributed by atoms with Gasteiger partial charge in [0.2, 0.25) is 0 Å². The lowest BCUT2D eigenvalue weighted by molar-refractivity contribution is -0.385. The Bertz CT molecular complexity index is 540. The fourth-order valence-electron chi connectivity index (χ4n) is 1.30. The Balaban J connectivity index is 2.16. The molecule has 0 atom stereocenters. The van der Waals surface area contributed by atoms with Gasteiger partial charge in [0.05, 0.1) is 4.92 Å². The van der Waals surface area contributed by atoms with Gasteiger partial charge in [0, 0.05) is 17.8 Å². The highest BCUT2D eigenvalue weighted by molar-refractivity contribution is 5.58. The highest BCUT2D eigenvalue weighted by Crippen LogP contribution is 2.20. The van der Waals surface area contributed by atoms with Crippen LogP contribution in [0.4, 0.5) is 17.2 Å². The molecule has 0 saturated heterocycles. The van der Waals surface area contributed by atoms with Crippen LogP contribution in [0, 0.1) is 10.1 Å². The molecule has 1 heterocycles. The van der Waals surface area contributed by atoms with Gasteiger partial charge in [-0.15, -0.1) is 0 Å². The number of phenolic OH excluding ortho intramolecular Hbond substituents is 1. The number of aromatic nitrogens is 1. The minimum Gasteiger partial charge on any atom is -0.508 e. The summed E-state index contributed by atoms with van der Waals surface area (Å²) >= 11 is 0. The fraction of sp³-hybridized carbons (Fsp3) is 0. The molecule has 0 radical (unpaired) electrons. The highest BCUT2D eigenvalue weighted by atomic mass is 16.6. The first-order chi connectivity index (χ1) is 8.15. The third-order valence-corrected chi connectivity index (χ3v) is 2.08. The van der Waals surface area contributed by atoms with Gasteiger partial charge in [0.1, 0.15) is 17.8 Å². The SMILES string of the molecule is O=[N+]([O-])c1ccc(Nc2cccc(O)c2)nc1. The van der Waals surface area contributed by atoms with Crippen LogP contribution in [0.25, 0.3) is 0 Å². The fourth-order valence-corrected chi connectivity index (χ4v) is 1.30. The molecule has 6 heteroatoms. The Hall–Kier alpha value is -2.63. The Morgan fingerprint density at radius 1 is 1.29 bits per heavy atom. The molecule has 2 aromatic rings. The number of aromatic hydroxyl groups is 1. The summed E-state index contributed by atoms with van der Waals surface area (Å²) in [7, 11) is 0. The van der Waals surface area contributed by atoms with Gasteiger partial charge in [-0.3, -0.25) is 10.1 Å². The van der Waals surface area contributed by atoms with Gasteiger partial charge in [0.15, 0.2) is 0 Å². The van der Waals surface area contributed by atoms with Gasteiger partial charge < -0.3 is 10.4 Å². The summed E-state index contributed by atoms with van der Waals surface area (Å²) in [5.41, 5.74) is 0.595. The number of phenols is 1. The molecule has 0 fully saturated rings. The molecule has 1 aromatic carbocycles. The highest BCUT2D eigenvalue weighted by Gasteiger charge is 2.05. The number of rotatable bonds is 3. The van der Waals surface area contributed by atoms with E-state index < -0.39 is 4.92 Å². The van der Waals surface area contributed by atoms with E-state index in [2.05, 4.69) is 10.3 Å². The summed E-state index contributed by atoms with van der Waals surface area (Å²) in [4.78, 5) is 13.8. The molecule has 1 aromatic heterocycles. The molecule has 0 unspecified atom stereocenters. The van der Waals surface area contributed by atoms with Crippen LogP contribution in [0.5, 0.6) is 5.75 Å². The average molecular weight is 231 g/mol. The van der Waals surface area contributed by atoms with E-state index in [9.17, 15) is 15.2 Å². The van der Waals surface area contributed by atoms with E-state index in [-0.39, 0.29) is 11.4 Å². The zero-order valence-electron chi connectivity index (χ0n) is 8.70. The third kappa shape index (κ3) is 2.69. The van der Waals surface area contributed by atoms with Gasteiger partial charge in [-0.25, -0.2) is 4.98 Å². The van der Waals surface area contributed by atoms with Crippen LogP contribution < -0.4 is 5.32 Å². The maximum absolute atomic E-state index is 10.4. The van der Waals surface area contributed by atoms with E-state index in [1.165, 1.54) is 24.4 Å². The lowest BCUT2D eigenvalue weighted by Crippen LogP contribution is -1.94. The zero-order chi connectivity index (χ0) is 12.3. The van der Waals surface area contributed by atoms with Crippen molar-refractivity contribution in [1.29, 1.82) is 0 Å². The molecule has 86 valence electrons. The smallest absolute Gasteiger partial charge is 0.287 e. The second kappa shape index (κ2) is 4.48. The molecular weight excluding hydrogens is 222 g/mol. The molecule has 0 spiro atoms. The van der Waals surface area contributed by atoms with E-state index in [0.717, 1.165) is 0 Å². The lowest BCUT2D eigenvalue weighted by Gasteiger charge is -2.04. The van der Waals surface area contributed by atoms with Gasteiger partial charge in [-0.2, -0.15) is 0 Å². The second-order valence-corrected chi connectivity index (χ2v) is 3.33. The predicted molar refractivity (Wildman–Crippen MR) is 62.3 cm³/mol. The van der Waals surface area contributed by atoms with E-state index in [0.29, 0.717) is 11.5 Å². The number of hydrogen-bond donors (Lipinski definition) is 2. The van der Waals surface area contributed by atoms with Gasteiger partial charge in [-0.05, 0) is 18.2 Å². The summed E-state index contributed by atoms with van der Waals surface area (Å²) in [6.07, 6.45) is 1.17. The summed E-state index contributed by atoms with van der Waals surface area (Å²) in [5.74, 6) is 0.609. The number of nitrogens with zero attached hydrogens (tertiary/aromatic N) is 2. The summed E-state index contributed by atoms with van der Waals surface area (Å²) in [5, 5.41) is 22.6. The monoisotopic (exact) mass is 231 g/mol. The quantitative estimate of drug-likeness (QED) is 0.625. The topological polar surface area (TPSA) is 88.3 Å². The predicted octanol–water partition coefficient (Wildman–Crippen LogP) is 2.44. The molecular formula is C11H9N3O3.